The molecule has 0 radical (unpaired) electrons. The Kier molecular flexibility index (Phi) is 8.14. The fraction of sp³-hybridized carbons (Fsp3) is 0.762. The number of aromatic nitrogens is 1. The van der Waals surface area contributed by atoms with Crippen LogP contribution in [0.4, 0.5) is 0 Å². The molecule has 24 heavy (non-hydrogen) atoms. The Morgan fingerprint density at radius 1 is 0.958 bits per heavy atom. The standard InChI is InChI=1S/C21H40N2Si/c1-10-11-19(8)23(9)15-20-12-13-21(14-22-20)24(16(2)3,17(4)5)18(6)7/h12-14,16-19H,10-11,15H2,1-9H3/t19-/m0/s1. The van der Waals surface area contributed by atoms with E-state index < -0.39 is 8.07 Å². The van der Waals surface area contributed by atoms with Gasteiger partial charge in [-0.05, 0) is 48.3 Å². The van der Waals surface area contributed by atoms with Crippen molar-refractivity contribution >= 4 is 13.3 Å². The quantitative estimate of drug-likeness (QED) is 0.541. The zero-order valence-electron chi connectivity index (χ0n) is 17.6. The maximum Gasteiger partial charge on any atom is 0.0962 e. The molecule has 2 nitrogen and oxygen atoms in total. The first-order chi connectivity index (χ1) is 11.2. The van der Waals surface area contributed by atoms with Crippen LogP contribution >= 0.6 is 0 Å². The van der Waals surface area contributed by atoms with Crippen molar-refractivity contribution < 1.29 is 0 Å². The highest BCUT2D eigenvalue weighted by molar-refractivity contribution is 6.94. The van der Waals surface area contributed by atoms with E-state index in [4.69, 9.17) is 4.98 Å². The fourth-order valence-corrected chi connectivity index (χ4v) is 11.5. The molecule has 0 spiro atoms. The second-order valence-electron chi connectivity index (χ2n) is 8.49. The molecule has 0 amide bonds. The van der Waals surface area contributed by atoms with Gasteiger partial charge < -0.3 is 0 Å². The first-order valence-corrected chi connectivity index (χ1v) is 12.1. The number of rotatable bonds is 9. The van der Waals surface area contributed by atoms with Crippen LogP contribution in [0.15, 0.2) is 18.3 Å². The minimum atomic E-state index is -1.58. The van der Waals surface area contributed by atoms with Crippen LogP contribution in [0.2, 0.25) is 16.6 Å². The lowest BCUT2D eigenvalue weighted by Crippen LogP contribution is -2.55. The van der Waals surface area contributed by atoms with Crippen molar-refractivity contribution in [2.24, 2.45) is 0 Å². The van der Waals surface area contributed by atoms with E-state index in [1.807, 2.05) is 0 Å². The molecule has 1 aromatic rings. The molecule has 0 saturated carbocycles. The average Bonchev–Trinajstić information content (AvgIpc) is 2.48. The summed E-state index contributed by atoms with van der Waals surface area (Å²) in [4.78, 5) is 7.29. The third-order valence-electron chi connectivity index (χ3n) is 6.06. The van der Waals surface area contributed by atoms with Gasteiger partial charge in [0.15, 0.2) is 0 Å². The van der Waals surface area contributed by atoms with Crippen LogP contribution in [0.3, 0.4) is 0 Å². The van der Waals surface area contributed by atoms with E-state index in [9.17, 15) is 0 Å². The van der Waals surface area contributed by atoms with E-state index in [0.717, 1.165) is 23.2 Å². The second kappa shape index (κ2) is 9.14. The van der Waals surface area contributed by atoms with E-state index in [0.29, 0.717) is 6.04 Å². The SMILES string of the molecule is CCC[C@H](C)N(C)Cc1ccc([Si](C(C)C)(C(C)C)C(C)C)cn1. The van der Waals surface area contributed by atoms with Gasteiger partial charge in [-0.2, -0.15) is 0 Å². The van der Waals surface area contributed by atoms with Gasteiger partial charge in [0, 0.05) is 18.8 Å². The highest BCUT2D eigenvalue weighted by Gasteiger charge is 2.44. The molecular weight excluding hydrogens is 308 g/mol. The van der Waals surface area contributed by atoms with E-state index >= 15 is 0 Å². The highest BCUT2D eigenvalue weighted by Crippen LogP contribution is 2.40. The molecule has 138 valence electrons. The Morgan fingerprint density at radius 2 is 1.50 bits per heavy atom. The normalized spacial score (nSPS) is 14.2. The van der Waals surface area contributed by atoms with E-state index in [1.165, 1.54) is 23.7 Å². The van der Waals surface area contributed by atoms with Crippen LogP contribution in [0.5, 0.6) is 0 Å². The molecule has 3 heteroatoms. The van der Waals surface area contributed by atoms with Crippen LogP contribution in [-0.2, 0) is 6.54 Å². The zero-order chi connectivity index (χ0) is 18.5. The first-order valence-electron chi connectivity index (χ1n) is 9.83. The maximum absolute atomic E-state index is 4.87. The summed E-state index contributed by atoms with van der Waals surface area (Å²) in [5, 5.41) is 1.54. The van der Waals surface area contributed by atoms with Crippen LogP contribution in [0.1, 0.15) is 73.9 Å². The van der Waals surface area contributed by atoms with Crippen LogP contribution < -0.4 is 5.19 Å². The van der Waals surface area contributed by atoms with Gasteiger partial charge in [0.1, 0.15) is 0 Å². The van der Waals surface area contributed by atoms with Gasteiger partial charge in [-0.15, -0.1) is 0 Å². The Balaban J connectivity index is 3.04. The molecule has 0 N–H and O–H groups in total. The predicted octanol–water partition coefficient (Wildman–Crippen LogP) is 5.59. The molecule has 0 saturated heterocycles. The van der Waals surface area contributed by atoms with Crippen molar-refractivity contribution in [1.82, 2.24) is 9.88 Å². The summed E-state index contributed by atoms with van der Waals surface area (Å²) in [6, 6.07) is 5.29. The van der Waals surface area contributed by atoms with Crippen molar-refractivity contribution in [2.45, 2.75) is 97.4 Å². The molecule has 1 atom stereocenters. The van der Waals surface area contributed by atoms with Gasteiger partial charge in [-0.3, -0.25) is 9.88 Å². The van der Waals surface area contributed by atoms with Crippen molar-refractivity contribution in [2.75, 3.05) is 7.05 Å². The Hall–Kier alpha value is -0.673. The molecule has 1 rings (SSSR count). The second-order valence-corrected chi connectivity index (χ2v) is 14.4. The van der Waals surface area contributed by atoms with Crippen LogP contribution in [0, 0.1) is 0 Å². The molecular formula is C21H40N2Si. The molecule has 0 fully saturated rings. The van der Waals surface area contributed by atoms with E-state index in [1.54, 1.807) is 0 Å². The van der Waals surface area contributed by atoms with E-state index in [2.05, 4.69) is 85.7 Å². The van der Waals surface area contributed by atoms with Gasteiger partial charge in [0.2, 0.25) is 0 Å². The summed E-state index contributed by atoms with van der Waals surface area (Å²) < 4.78 is 0. The topological polar surface area (TPSA) is 16.1 Å². The molecule has 0 aromatic carbocycles. The average molecular weight is 349 g/mol. The molecule has 0 aliphatic carbocycles. The molecule has 0 aliphatic rings. The summed E-state index contributed by atoms with van der Waals surface area (Å²) in [5.74, 6) is 0. The van der Waals surface area contributed by atoms with Gasteiger partial charge in [0.05, 0.1) is 13.8 Å². The van der Waals surface area contributed by atoms with Crippen molar-refractivity contribution in [3.63, 3.8) is 0 Å². The van der Waals surface area contributed by atoms with Crippen molar-refractivity contribution in [3.8, 4) is 0 Å². The third-order valence-corrected chi connectivity index (χ3v) is 13.1. The highest BCUT2D eigenvalue weighted by atomic mass is 28.3. The van der Waals surface area contributed by atoms with Crippen LogP contribution in [-0.4, -0.2) is 31.0 Å². The Bertz CT molecular complexity index is 457. The smallest absolute Gasteiger partial charge is 0.0962 e. The van der Waals surface area contributed by atoms with E-state index in [-0.39, 0.29) is 0 Å². The molecule has 0 bridgehead atoms. The van der Waals surface area contributed by atoms with Crippen molar-refractivity contribution in [3.05, 3.63) is 24.0 Å². The molecule has 1 heterocycles. The molecule has 1 aromatic heterocycles. The minimum Gasteiger partial charge on any atom is -0.298 e. The lowest BCUT2D eigenvalue weighted by molar-refractivity contribution is 0.234. The van der Waals surface area contributed by atoms with Gasteiger partial charge >= 0.3 is 0 Å². The number of pyridine rings is 1. The van der Waals surface area contributed by atoms with Gasteiger partial charge in [0.25, 0.3) is 0 Å². The molecule has 0 unspecified atom stereocenters. The van der Waals surface area contributed by atoms with Gasteiger partial charge in [-0.1, -0.05) is 61.0 Å². The van der Waals surface area contributed by atoms with Gasteiger partial charge in [-0.25, -0.2) is 0 Å². The monoisotopic (exact) mass is 348 g/mol. The molecule has 0 aliphatic heterocycles. The minimum absolute atomic E-state index is 0.618. The summed E-state index contributed by atoms with van der Waals surface area (Å²) in [7, 11) is 0.636. The predicted molar refractivity (Wildman–Crippen MR) is 111 cm³/mol. The van der Waals surface area contributed by atoms with Crippen LogP contribution in [0.25, 0.3) is 0 Å². The summed E-state index contributed by atoms with van der Waals surface area (Å²) in [6.07, 6.45) is 4.70. The fourth-order valence-electron chi connectivity index (χ4n) is 4.82. The Labute approximate surface area is 152 Å². The number of hydrogen-bond donors (Lipinski definition) is 0. The first kappa shape index (κ1) is 21.4. The number of hydrogen-bond acceptors (Lipinski definition) is 2. The lowest BCUT2D eigenvalue weighted by atomic mass is 10.1. The Morgan fingerprint density at radius 3 is 1.88 bits per heavy atom. The third kappa shape index (κ3) is 4.48. The maximum atomic E-state index is 4.87. The lowest BCUT2D eigenvalue weighted by Gasteiger charge is -2.43. The zero-order valence-corrected chi connectivity index (χ0v) is 18.6. The summed E-state index contributed by atoms with van der Waals surface area (Å²) in [5.41, 5.74) is 3.40. The number of nitrogens with zero attached hydrogens (tertiary/aromatic N) is 2. The summed E-state index contributed by atoms with van der Waals surface area (Å²) >= 11 is 0. The van der Waals surface area contributed by atoms with Crippen molar-refractivity contribution in [1.29, 1.82) is 0 Å². The largest absolute Gasteiger partial charge is 0.298 e. The summed E-state index contributed by atoms with van der Waals surface area (Å²) in [6.45, 7) is 20.0.